The lowest BCUT2D eigenvalue weighted by Crippen LogP contribution is -2.40. The fourth-order valence-corrected chi connectivity index (χ4v) is 2.00. The van der Waals surface area contributed by atoms with Crippen LogP contribution >= 0.6 is 0 Å². The van der Waals surface area contributed by atoms with Gasteiger partial charge >= 0.3 is 0 Å². The monoisotopic (exact) mass is 332 g/mol. The Morgan fingerprint density at radius 3 is 2.12 bits per heavy atom. The molecule has 0 spiro atoms. The summed E-state index contributed by atoms with van der Waals surface area (Å²) in [7, 11) is 0. The van der Waals surface area contributed by atoms with Crippen molar-refractivity contribution in [2.45, 2.75) is 26.3 Å². The van der Waals surface area contributed by atoms with Crippen LogP contribution in [-0.4, -0.2) is 17.4 Å². The molecule has 0 unspecified atom stereocenters. The molecule has 0 saturated carbocycles. The van der Waals surface area contributed by atoms with Crippen LogP contribution in [0.5, 0.6) is 0 Å². The fraction of sp³-hybridized carbons (Fsp3) is 0.222. The van der Waals surface area contributed by atoms with Gasteiger partial charge in [-0.3, -0.25) is 9.59 Å². The molecule has 0 radical (unpaired) electrons. The Morgan fingerprint density at radius 1 is 0.917 bits per heavy atom. The van der Waals surface area contributed by atoms with Crippen molar-refractivity contribution in [2.24, 2.45) is 0 Å². The number of nitrogens with one attached hydrogen (secondary N) is 2. The van der Waals surface area contributed by atoms with Gasteiger partial charge in [-0.2, -0.15) is 0 Å². The molecule has 0 heterocycles. The number of carbonyl (C=O) groups excluding carboxylic acids is 2. The van der Waals surface area contributed by atoms with Gasteiger partial charge in [0.15, 0.2) is 0 Å². The molecule has 0 saturated heterocycles. The molecule has 2 aromatic rings. The summed E-state index contributed by atoms with van der Waals surface area (Å²) in [6.45, 7) is 5.54. The second-order valence-electron chi connectivity index (χ2n) is 6.36. The number of hydrogen-bond acceptors (Lipinski definition) is 2. The zero-order chi connectivity index (χ0) is 17.9. The van der Waals surface area contributed by atoms with Gasteiger partial charge in [0.1, 0.15) is 11.6 Å². The van der Waals surface area contributed by atoms with Crippen molar-refractivity contribution in [1.82, 2.24) is 5.32 Å². The van der Waals surface area contributed by atoms with Crippen LogP contribution < -0.4 is 10.6 Å². The van der Waals surface area contributed by atoms with Crippen LogP contribution in [0.2, 0.25) is 0 Å². The van der Waals surface area contributed by atoms with E-state index in [0.717, 1.165) is 12.1 Å². The van der Waals surface area contributed by atoms with E-state index in [2.05, 4.69) is 10.6 Å². The predicted octanol–water partition coefficient (Wildman–Crippen LogP) is 3.75. The number of benzene rings is 2. The van der Waals surface area contributed by atoms with E-state index < -0.39 is 23.1 Å². The third-order valence-electron chi connectivity index (χ3n) is 3.05. The zero-order valence-electron chi connectivity index (χ0n) is 13.6. The second kappa shape index (κ2) is 6.78. The topological polar surface area (TPSA) is 58.2 Å². The number of rotatable bonds is 3. The molecule has 6 heteroatoms. The Hall–Kier alpha value is -2.76. The highest BCUT2D eigenvalue weighted by Gasteiger charge is 2.17. The van der Waals surface area contributed by atoms with Crippen molar-refractivity contribution in [3.63, 3.8) is 0 Å². The standard InChI is InChI=1S/C18H18F2N2O2/c1-18(2,3)22-17(24)12-6-4-5-11(9-12)16(23)21-15-8-7-13(19)10-14(15)20/h4-10H,1-3H3,(H,21,23)(H,22,24). The van der Waals surface area contributed by atoms with E-state index in [1.165, 1.54) is 12.1 Å². The molecule has 2 N–H and O–H groups in total. The third kappa shape index (κ3) is 4.62. The van der Waals surface area contributed by atoms with Crippen LogP contribution in [0.3, 0.4) is 0 Å². The number of carbonyl (C=O) groups is 2. The summed E-state index contributed by atoms with van der Waals surface area (Å²) in [5.41, 5.74) is -0.0320. The van der Waals surface area contributed by atoms with E-state index >= 15 is 0 Å². The highest BCUT2D eigenvalue weighted by atomic mass is 19.1. The van der Waals surface area contributed by atoms with Crippen molar-refractivity contribution < 1.29 is 18.4 Å². The molecule has 4 nitrogen and oxygen atoms in total. The summed E-state index contributed by atoms with van der Waals surface area (Å²) in [6, 6.07) is 8.93. The lowest BCUT2D eigenvalue weighted by Gasteiger charge is -2.20. The second-order valence-corrected chi connectivity index (χ2v) is 6.36. The molecule has 0 atom stereocenters. The van der Waals surface area contributed by atoms with Gasteiger partial charge in [0, 0.05) is 22.7 Å². The van der Waals surface area contributed by atoms with Crippen LogP contribution in [0.25, 0.3) is 0 Å². The van der Waals surface area contributed by atoms with Crippen molar-refractivity contribution in [2.75, 3.05) is 5.32 Å². The zero-order valence-corrected chi connectivity index (χ0v) is 13.6. The van der Waals surface area contributed by atoms with Crippen LogP contribution in [0.15, 0.2) is 42.5 Å². The molecule has 24 heavy (non-hydrogen) atoms. The molecule has 2 rings (SSSR count). The summed E-state index contributed by atoms with van der Waals surface area (Å²) in [6.07, 6.45) is 0. The maximum atomic E-state index is 13.6. The maximum absolute atomic E-state index is 13.6. The minimum absolute atomic E-state index is 0.133. The number of amides is 2. The molecule has 2 amide bonds. The SMILES string of the molecule is CC(C)(C)NC(=O)c1cccc(C(=O)Nc2ccc(F)cc2F)c1. The summed E-state index contributed by atoms with van der Waals surface area (Å²) in [5, 5.41) is 5.15. The van der Waals surface area contributed by atoms with Gasteiger partial charge in [-0.15, -0.1) is 0 Å². The summed E-state index contributed by atoms with van der Waals surface area (Å²) >= 11 is 0. The van der Waals surface area contributed by atoms with Gasteiger partial charge in [-0.1, -0.05) is 6.07 Å². The number of halogens is 2. The Kier molecular flexibility index (Phi) is 4.97. The summed E-state index contributed by atoms with van der Waals surface area (Å²) in [5.74, 6) is -2.51. The summed E-state index contributed by atoms with van der Waals surface area (Å²) < 4.78 is 26.5. The molecule has 0 aliphatic heterocycles. The molecule has 0 fully saturated rings. The predicted molar refractivity (Wildman–Crippen MR) is 88.0 cm³/mol. The van der Waals surface area contributed by atoms with Gasteiger partial charge in [-0.25, -0.2) is 8.78 Å². The maximum Gasteiger partial charge on any atom is 0.255 e. The minimum atomic E-state index is -0.870. The number of hydrogen-bond donors (Lipinski definition) is 2. The van der Waals surface area contributed by atoms with Crippen molar-refractivity contribution in [1.29, 1.82) is 0 Å². The van der Waals surface area contributed by atoms with Gasteiger partial charge in [0.05, 0.1) is 5.69 Å². The smallest absolute Gasteiger partial charge is 0.255 e. The van der Waals surface area contributed by atoms with Crippen molar-refractivity contribution in [3.05, 3.63) is 65.2 Å². The highest BCUT2D eigenvalue weighted by Crippen LogP contribution is 2.16. The molecule has 0 aromatic heterocycles. The lowest BCUT2D eigenvalue weighted by molar-refractivity contribution is 0.0919. The summed E-state index contributed by atoms with van der Waals surface area (Å²) in [4.78, 5) is 24.3. The van der Waals surface area contributed by atoms with Crippen LogP contribution in [0.4, 0.5) is 14.5 Å². The number of anilines is 1. The van der Waals surface area contributed by atoms with E-state index in [0.29, 0.717) is 11.6 Å². The van der Waals surface area contributed by atoms with Gasteiger partial charge in [0.2, 0.25) is 0 Å². The normalized spacial score (nSPS) is 11.0. The molecule has 126 valence electrons. The van der Waals surface area contributed by atoms with E-state index in [1.54, 1.807) is 12.1 Å². The van der Waals surface area contributed by atoms with Crippen molar-refractivity contribution >= 4 is 17.5 Å². The van der Waals surface area contributed by atoms with E-state index in [9.17, 15) is 18.4 Å². The Balaban J connectivity index is 2.18. The van der Waals surface area contributed by atoms with E-state index in [4.69, 9.17) is 0 Å². The Labute approximate surface area is 138 Å². The molecular weight excluding hydrogens is 314 g/mol. The largest absolute Gasteiger partial charge is 0.347 e. The molecule has 0 aliphatic rings. The molecular formula is C18H18F2N2O2. The first-order chi connectivity index (χ1) is 11.2. The van der Waals surface area contributed by atoms with Gasteiger partial charge in [-0.05, 0) is 51.1 Å². The van der Waals surface area contributed by atoms with E-state index in [1.807, 2.05) is 20.8 Å². The molecule has 0 bridgehead atoms. The highest BCUT2D eigenvalue weighted by molar-refractivity contribution is 6.06. The van der Waals surface area contributed by atoms with E-state index in [-0.39, 0.29) is 17.2 Å². The molecule has 2 aromatic carbocycles. The van der Waals surface area contributed by atoms with Crippen LogP contribution in [0, 0.1) is 11.6 Å². The first-order valence-corrected chi connectivity index (χ1v) is 7.35. The van der Waals surface area contributed by atoms with Crippen molar-refractivity contribution in [3.8, 4) is 0 Å². The first-order valence-electron chi connectivity index (χ1n) is 7.35. The van der Waals surface area contributed by atoms with Crippen LogP contribution in [0.1, 0.15) is 41.5 Å². The average molecular weight is 332 g/mol. The fourth-order valence-electron chi connectivity index (χ4n) is 2.00. The molecule has 0 aliphatic carbocycles. The minimum Gasteiger partial charge on any atom is -0.347 e. The first kappa shape index (κ1) is 17.6. The van der Waals surface area contributed by atoms with Gasteiger partial charge < -0.3 is 10.6 Å². The van der Waals surface area contributed by atoms with Crippen LogP contribution in [-0.2, 0) is 0 Å². The lowest BCUT2D eigenvalue weighted by atomic mass is 10.1. The Morgan fingerprint density at radius 2 is 1.54 bits per heavy atom. The third-order valence-corrected chi connectivity index (χ3v) is 3.05. The quantitative estimate of drug-likeness (QED) is 0.899. The average Bonchev–Trinajstić information content (AvgIpc) is 2.48. The Bertz CT molecular complexity index is 783. The van der Waals surface area contributed by atoms with Gasteiger partial charge in [0.25, 0.3) is 11.8 Å².